The molecule has 18 heavy (non-hydrogen) atoms. The number of hydrogen-bond donors (Lipinski definition) is 1. The molecule has 1 N–H and O–H groups in total. The highest BCUT2D eigenvalue weighted by atomic mass is 35.5. The SMILES string of the molecule is CCOC1CC(CC(=O)NCCCCCCCl)C1. The highest BCUT2D eigenvalue weighted by Crippen LogP contribution is 2.32. The maximum Gasteiger partial charge on any atom is 0.220 e. The molecule has 0 aliphatic heterocycles. The Hall–Kier alpha value is -0.280. The summed E-state index contributed by atoms with van der Waals surface area (Å²) < 4.78 is 5.48. The Labute approximate surface area is 116 Å². The number of carbonyl (C=O) groups is 1. The number of hydrogen-bond acceptors (Lipinski definition) is 2. The molecule has 0 aromatic rings. The van der Waals surface area contributed by atoms with Gasteiger partial charge in [-0.3, -0.25) is 4.79 Å². The smallest absolute Gasteiger partial charge is 0.220 e. The molecule has 1 aliphatic rings. The molecule has 106 valence electrons. The molecule has 0 aromatic carbocycles. The lowest BCUT2D eigenvalue weighted by molar-refractivity contribution is -0.124. The maximum absolute atomic E-state index is 11.6. The van der Waals surface area contributed by atoms with Crippen molar-refractivity contribution in [3.63, 3.8) is 0 Å². The topological polar surface area (TPSA) is 38.3 Å². The zero-order valence-electron chi connectivity index (χ0n) is 11.4. The second kappa shape index (κ2) is 9.62. The molecule has 0 bridgehead atoms. The van der Waals surface area contributed by atoms with Crippen LogP contribution >= 0.6 is 11.6 Å². The van der Waals surface area contributed by atoms with Gasteiger partial charge in [-0.05, 0) is 38.5 Å². The van der Waals surface area contributed by atoms with Crippen LogP contribution in [0.3, 0.4) is 0 Å². The van der Waals surface area contributed by atoms with E-state index >= 15 is 0 Å². The summed E-state index contributed by atoms with van der Waals surface area (Å²) in [5.41, 5.74) is 0. The first-order chi connectivity index (χ1) is 8.76. The number of halogens is 1. The lowest BCUT2D eigenvalue weighted by atomic mass is 9.80. The van der Waals surface area contributed by atoms with Crippen LogP contribution in [0, 0.1) is 5.92 Å². The number of rotatable bonds is 10. The van der Waals surface area contributed by atoms with Crippen LogP contribution in [0.4, 0.5) is 0 Å². The molecule has 3 nitrogen and oxygen atoms in total. The van der Waals surface area contributed by atoms with E-state index in [1.807, 2.05) is 6.92 Å². The molecule has 0 heterocycles. The molecule has 1 aliphatic carbocycles. The lowest BCUT2D eigenvalue weighted by Gasteiger charge is -2.34. The minimum absolute atomic E-state index is 0.201. The summed E-state index contributed by atoms with van der Waals surface area (Å²) >= 11 is 5.60. The lowest BCUT2D eigenvalue weighted by Crippen LogP contribution is -2.36. The standard InChI is InChI=1S/C14H26ClNO2/c1-2-18-13-9-12(10-13)11-14(17)16-8-6-4-3-5-7-15/h12-13H,2-11H2,1H3,(H,16,17). The third kappa shape index (κ3) is 6.60. The first kappa shape index (κ1) is 15.8. The van der Waals surface area contributed by atoms with Gasteiger partial charge in [0.25, 0.3) is 0 Å². The summed E-state index contributed by atoms with van der Waals surface area (Å²) in [5.74, 6) is 1.49. The third-order valence-electron chi connectivity index (χ3n) is 3.45. The minimum atomic E-state index is 0.201. The van der Waals surface area contributed by atoms with Gasteiger partial charge in [0.1, 0.15) is 0 Å². The van der Waals surface area contributed by atoms with Gasteiger partial charge < -0.3 is 10.1 Å². The van der Waals surface area contributed by atoms with Crippen LogP contribution in [0.5, 0.6) is 0 Å². The fraction of sp³-hybridized carbons (Fsp3) is 0.929. The summed E-state index contributed by atoms with van der Waals surface area (Å²) in [6.45, 7) is 3.61. The molecular formula is C14H26ClNO2. The average Bonchev–Trinajstić information content (AvgIpc) is 2.31. The first-order valence-corrected chi connectivity index (χ1v) is 7.74. The monoisotopic (exact) mass is 275 g/mol. The highest BCUT2D eigenvalue weighted by molar-refractivity contribution is 6.17. The average molecular weight is 276 g/mol. The Morgan fingerprint density at radius 3 is 2.67 bits per heavy atom. The Bertz CT molecular complexity index is 230. The van der Waals surface area contributed by atoms with Crippen LogP contribution in [-0.2, 0) is 9.53 Å². The zero-order valence-corrected chi connectivity index (χ0v) is 12.2. The van der Waals surface area contributed by atoms with Gasteiger partial charge in [0.15, 0.2) is 0 Å². The van der Waals surface area contributed by atoms with Crippen molar-refractivity contribution in [1.82, 2.24) is 5.32 Å². The summed E-state index contributed by atoms with van der Waals surface area (Å²) in [4.78, 5) is 11.6. The number of carbonyl (C=O) groups excluding carboxylic acids is 1. The molecule has 1 amide bonds. The van der Waals surface area contributed by atoms with Gasteiger partial charge in [-0.15, -0.1) is 11.6 Å². The summed E-state index contributed by atoms with van der Waals surface area (Å²) in [7, 11) is 0. The fourth-order valence-corrected chi connectivity index (χ4v) is 2.54. The second-order valence-electron chi connectivity index (χ2n) is 5.07. The molecule has 0 aromatic heterocycles. The largest absolute Gasteiger partial charge is 0.378 e. The molecule has 0 unspecified atom stereocenters. The Balaban J connectivity index is 1.89. The first-order valence-electron chi connectivity index (χ1n) is 7.20. The third-order valence-corrected chi connectivity index (χ3v) is 3.72. The van der Waals surface area contributed by atoms with Gasteiger partial charge in [-0.2, -0.15) is 0 Å². The van der Waals surface area contributed by atoms with E-state index < -0.39 is 0 Å². The number of nitrogens with one attached hydrogen (secondary N) is 1. The van der Waals surface area contributed by atoms with Crippen molar-refractivity contribution < 1.29 is 9.53 Å². The quantitative estimate of drug-likeness (QED) is 0.491. The predicted octanol–water partition coefficient (Wildman–Crippen LogP) is 3.11. The Kier molecular flexibility index (Phi) is 8.44. The normalized spacial score (nSPS) is 22.6. The molecule has 0 saturated heterocycles. The minimum Gasteiger partial charge on any atom is -0.378 e. The van der Waals surface area contributed by atoms with Gasteiger partial charge in [0, 0.05) is 25.5 Å². The molecule has 0 radical (unpaired) electrons. The van der Waals surface area contributed by atoms with E-state index in [2.05, 4.69) is 5.32 Å². The van der Waals surface area contributed by atoms with Crippen LogP contribution in [0.25, 0.3) is 0 Å². The van der Waals surface area contributed by atoms with Gasteiger partial charge in [-0.1, -0.05) is 12.8 Å². The number of amides is 1. The van der Waals surface area contributed by atoms with Gasteiger partial charge in [0.2, 0.25) is 5.91 Å². The van der Waals surface area contributed by atoms with Crippen LogP contribution in [0.2, 0.25) is 0 Å². The maximum atomic E-state index is 11.6. The van der Waals surface area contributed by atoms with Crippen molar-refractivity contribution in [2.45, 2.75) is 58.0 Å². The van der Waals surface area contributed by atoms with E-state index in [4.69, 9.17) is 16.3 Å². The van der Waals surface area contributed by atoms with E-state index in [1.165, 1.54) is 0 Å². The van der Waals surface area contributed by atoms with E-state index in [9.17, 15) is 4.79 Å². The zero-order chi connectivity index (χ0) is 13.2. The number of ether oxygens (including phenoxy) is 1. The molecule has 1 saturated carbocycles. The van der Waals surface area contributed by atoms with E-state index in [0.717, 1.165) is 57.6 Å². The van der Waals surface area contributed by atoms with Crippen LogP contribution in [-0.4, -0.2) is 31.0 Å². The van der Waals surface area contributed by atoms with Gasteiger partial charge in [-0.25, -0.2) is 0 Å². The van der Waals surface area contributed by atoms with Crippen molar-refractivity contribution >= 4 is 17.5 Å². The van der Waals surface area contributed by atoms with Crippen LogP contribution in [0.15, 0.2) is 0 Å². The van der Waals surface area contributed by atoms with Crippen molar-refractivity contribution in [2.24, 2.45) is 5.92 Å². The second-order valence-corrected chi connectivity index (χ2v) is 5.45. The molecule has 1 fully saturated rings. The number of unbranched alkanes of at least 4 members (excludes halogenated alkanes) is 3. The van der Waals surface area contributed by atoms with E-state index in [1.54, 1.807) is 0 Å². The summed E-state index contributed by atoms with van der Waals surface area (Å²) in [6, 6.07) is 0. The molecule has 4 heteroatoms. The number of alkyl halides is 1. The summed E-state index contributed by atoms with van der Waals surface area (Å²) in [6.07, 6.45) is 7.65. The molecular weight excluding hydrogens is 250 g/mol. The Morgan fingerprint density at radius 2 is 2.00 bits per heavy atom. The fourth-order valence-electron chi connectivity index (χ4n) is 2.35. The van der Waals surface area contributed by atoms with Gasteiger partial charge >= 0.3 is 0 Å². The van der Waals surface area contributed by atoms with E-state index in [-0.39, 0.29) is 5.91 Å². The summed E-state index contributed by atoms with van der Waals surface area (Å²) in [5, 5.41) is 2.99. The van der Waals surface area contributed by atoms with Crippen LogP contribution < -0.4 is 5.32 Å². The van der Waals surface area contributed by atoms with Crippen LogP contribution in [0.1, 0.15) is 51.9 Å². The van der Waals surface area contributed by atoms with E-state index in [0.29, 0.717) is 18.4 Å². The van der Waals surface area contributed by atoms with Crippen molar-refractivity contribution in [3.05, 3.63) is 0 Å². The predicted molar refractivity (Wildman–Crippen MR) is 75.0 cm³/mol. The van der Waals surface area contributed by atoms with Crippen molar-refractivity contribution in [1.29, 1.82) is 0 Å². The Morgan fingerprint density at radius 1 is 1.28 bits per heavy atom. The highest BCUT2D eigenvalue weighted by Gasteiger charge is 2.30. The molecule has 1 rings (SSSR count). The molecule has 0 spiro atoms. The van der Waals surface area contributed by atoms with Crippen molar-refractivity contribution in [3.8, 4) is 0 Å². The molecule has 0 atom stereocenters. The van der Waals surface area contributed by atoms with Gasteiger partial charge in [0.05, 0.1) is 6.10 Å². The van der Waals surface area contributed by atoms with Crippen molar-refractivity contribution in [2.75, 3.05) is 19.0 Å².